The topological polar surface area (TPSA) is 47.7 Å². The summed E-state index contributed by atoms with van der Waals surface area (Å²) in [6.45, 7) is 3.73. The number of rotatable bonds is 5. The van der Waals surface area contributed by atoms with Crippen molar-refractivity contribution in [3.8, 4) is 5.75 Å². The van der Waals surface area contributed by atoms with Gasteiger partial charge in [0.2, 0.25) is 0 Å². The van der Waals surface area contributed by atoms with Gasteiger partial charge in [0, 0.05) is 20.2 Å². The van der Waals surface area contributed by atoms with Crippen LogP contribution in [0.15, 0.2) is 24.3 Å². The average Bonchev–Trinajstić information content (AvgIpc) is 2.41. The predicted octanol–water partition coefficient (Wildman–Crippen LogP) is 1.76. The first-order valence-corrected chi connectivity index (χ1v) is 6.52. The second kappa shape index (κ2) is 6.61. The lowest BCUT2D eigenvalue weighted by atomic mass is 10.1. The zero-order valence-electron chi connectivity index (χ0n) is 11.0. The average molecular weight is 250 g/mol. The van der Waals surface area contributed by atoms with Crippen LogP contribution in [0.25, 0.3) is 0 Å². The number of likely N-dealkylation sites (tertiary alicyclic amines) is 1. The van der Waals surface area contributed by atoms with E-state index in [1.807, 2.05) is 24.3 Å². The fraction of sp³-hybridized carbons (Fsp3) is 0.571. The number of nitrogen functional groups attached to an aromatic ring is 1. The van der Waals surface area contributed by atoms with Gasteiger partial charge in [-0.05, 0) is 31.5 Å². The van der Waals surface area contributed by atoms with Gasteiger partial charge < -0.3 is 15.2 Å². The van der Waals surface area contributed by atoms with Crippen molar-refractivity contribution in [2.75, 3.05) is 39.1 Å². The van der Waals surface area contributed by atoms with Crippen molar-refractivity contribution in [1.29, 1.82) is 0 Å². The number of ether oxygens (including phenoxy) is 2. The van der Waals surface area contributed by atoms with Crippen LogP contribution < -0.4 is 10.5 Å². The van der Waals surface area contributed by atoms with Crippen molar-refractivity contribution < 1.29 is 9.47 Å². The number of anilines is 1. The number of hydrogen-bond donors (Lipinski definition) is 1. The van der Waals surface area contributed by atoms with Crippen molar-refractivity contribution >= 4 is 5.69 Å². The first-order chi connectivity index (χ1) is 8.79. The van der Waals surface area contributed by atoms with E-state index < -0.39 is 0 Å². The summed E-state index contributed by atoms with van der Waals surface area (Å²) in [7, 11) is 1.79. The summed E-state index contributed by atoms with van der Waals surface area (Å²) >= 11 is 0. The maximum atomic E-state index is 5.82. The van der Waals surface area contributed by atoms with Gasteiger partial charge in [-0.15, -0.1) is 0 Å². The fourth-order valence-electron chi connectivity index (χ4n) is 2.31. The van der Waals surface area contributed by atoms with E-state index in [0.717, 1.165) is 25.4 Å². The minimum atomic E-state index is 0.376. The molecular formula is C14H22N2O2. The molecule has 2 N–H and O–H groups in total. The molecular weight excluding hydrogens is 228 g/mol. The van der Waals surface area contributed by atoms with Crippen LogP contribution in [-0.2, 0) is 4.74 Å². The predicted molar refractivity (Wildman–Crippen MR) is 72.8 cm³/mol. The van der Waals surface area contributed by atoms with Crippen LogP contribution in [0.5, 0.6) is 5.75 Å². The standard InChI is InChI=1S/C14H22N2O2/c1-17-12-5-4-8-16(11-12)9-10-18-14-7-3-2-6-13(14)15/h2-3,6-7,12H,4-5,8-11,15H2,1H3. The zero-order chi connectivity index (χ0) is 12.8. The Bertz CT molecular complexity index is 371. The normalized spacial score (nSPS) is 20.8. The van der Waals surface area contributed by atoms with E-state index in [1.54, 1.807) is 7.11 Å². The van der Waals surface area contributed by atoms with Crippen LogP contribution in [0.4, 0.5) is 5.69 Å². The van der Waals surface area contributed by atoms with Crippen LogP contribution in [0.1, 0.15) is 12.8 Å². The van der Waals surface area contributed by atoms with E-state index >= 15 is 0 Å². The Morgan fingerprint density at radius 2 is 2.22 bits per heavy atom. The van der Waals surface area contributed by atoms with Gasteiger partial charge in [0.1, 0.15) is 12.4 Å². The van der Waals surface area contributed by atoms with Crippen LogP contribution >= 0.6 is 0 Å². The maximum absolute atomic E-state index is 5.82. The molecule has 1 aromatic rings. The number of para-hydroxylation sites is 2. The Kier molecular flexibility index (Phi) is 4.84. The molecule has 0 saturated carbocycles. The molecule has 1 aliphatic heterocycles. The molecule has 1 unspecified atom stereocenters. The first-order valence-electron chi connectivity index (χ1n) is 6.52. The van der Waals surface area contributed by atoms with Crippen molar-refractivity contribution in [2.45, 2.75) is 18.9 Å². The third kappa shape index (κ3) is 3.62. The molecule has 0 bridgehead atoms. The zero-order valence-corrected chi connectivity index (χ0v) is 11.0. The number of hydrogen-bond acceptors (Lipinski definition) is 4. The molecule has 4 nitrogen and oxygen atoms in total. The van der Waals surface area contributed by atoms with E-state index in [2.05, 4.69) is 4.90 Å². The van der Waals surface area contributed by atoms with Gasteiger partial charge in [-0.3, -0.25) is 4.90 Å². The van der Waals surface area contributed by atoms with Gasteiger partial charge in [0.25, 0.3) is 0 Å². The lowest BCUT2D eigenvalue weighted by molar-refractivity contribution is 0.0272. The molecule has 0 radical (unpaired) electrons. The van der Waals surface area contributed by atoms with Crippen molar-refractivity contribution in [3.05, 3.63) is 24.3 Å². The molecule has 0 aliphatic carbocycles. The summed E-state index contributed by atoms with van der Waals surface area (Å²) in [5.74, 6) is 0.776. The third-order valence-electron chi connectivity index (χ3n) is 3.38. The van der Waals surface area contributed by atoms with E-state index in [0.29, 0.717) is 18.4 Å². The van der Waals surface area contributed by atoms with Crippen LogP contribution in [0, 0.1) is 0 Å². The minimum Gasteiger partial charge on any atom is -0.490 e. The Hall–Kier alpha value is -1.26. The smallest absolute Gasteiger partial charge is 0.142 e. The molecule has 100 valence electrons. The Morgan fingerprint density at radius 3 is 3.00 bits per heavy atom. The van der Waals surface area contributed by atoms with Gasteiger partial charge in [0.15, 0.2) is 0 Å². The summed E-state index contributed by atoms with van der Waals surface area (Å²) < 4.78 is 11.1. The van der Waals surface area contributed by atoms with Crippen LogP contribution in [-0.4, -0.2) is 44.4 Å². The van der Waals surface area contributed by atoms with E-state index in [9.17, 15) is 0 Å². The molecule has 0 aromatic heterocycles. The Labute approximate surface area is 109 Å². The van der Waals surface area contributed by atoms with Gasteiger partial charge in [0.05, 0.1) is 11.8 Å². The molecule has 1 aromatic carbocycles. The highest BCUT2D eigenvalue weighted by atomic mass is 16.5. The monoisotopic (exact) mass is 250 g/mol. The van der Waals surface area contributed by atoms with Crippen molar-refractivity contribution in [1.82, 2.24) is 4.90 Å². The van der Waals surface area contributed by atoms with Crippen LogP contribution in [0.3, 0.4) is 0 Å². The Balaban J connectivity index is 1.73. The summed E-state index contributed by atoms with van der Waals surface area (Å²) in [5.41, 5.74) is 6.52. The quantitative estimate of drug-likeness (QED) is 0.809. The molecule has 1 saturated heterocycles. The molecule has 0 amide bonds. The van der Waals surface area contributed by atoms with E-state index in [-0.39, 0.29) is 0 Å². The maximum Gasteiger partial charge on any atom is 0.142 e. The molecule has 2 rings (SSSR count). The SMILES string of the molecule is COC1CCCN(CCOc2ccccc2N)C1. The molecule has 1 fully saturated rings. The van der Waals surface area contributed by atoms with Gasteiger partial charge in [-0.1, -0.05) is 12.1 Å². The van der Waals surface area contributed by atoms with Gasteiger partial charge in [-0.25, -0.2) is 0 Å². The minimum absolute atomic E-state index is 0.376. The van der Waals surface area contributed by atoms with Gasteiger partial charge >= 0.3 is 0 Å². The summed E-state index contributed by atoms with van der Waals surface area (Å²) in [6.07, 6.45) is 2.74. The molecule has 1 aliphatic rings. The van der Waals surface area contributed by atoms with Crippen LogP contribution in [0.2, 0.25) is 0 Å². The Morgan fingerprint density at radius 1 is 1.39 bits per heavy atom. The number of methoxy groups -OCH3 is 1. The lowest BCUT2D eigenvalue weighted by Gasteiger charge is -2.31. The molecule has 1 heterocycles. The largest absolute Gasteiger partial charge is 0.490 e. The first kappa shape index (κ1) is 13.2. The van der Waals surface area contributed by atoms with E-state index in [1.165, 1.54) is 12.8 Å². The number of benzene rings is 1. The summed E-state index contributed by atoms with van der Waals surface area (Å²) in [6, 6.07) is 7.62. The van der Waals surface area contributed by atoms with Crippen molar-refractivity contribution in [3.63, 3.8) is 0 Å². The third-order valence-corrected chi connectivity index (χ3v) is 3.38. The molecule has 1 atom stereocenters. The van der Waals surface area contributed by atoms with E-state index in [4.69, 9.17) is 15.2 Å². The lowest BCUT2D eigenvalue weighted by Crippen LogP contribution is -2.41. The van der Waals surface area contributed by atoms with Gasteiger partial charge in [-0.2, -0.15) is 0 Å². The highest BCUT2D eigenvalue weighted by Crippen LogP contribution is 2.19. The summed E-state index contributed by atoms with van der Waals surface area (Å²) in [5, 5.41) is 0. The highest BCUT2D eigenvalue weighted by molar-refractivity contribution is 5.51. The second-order valence-corrected chi connectivity index (χ2v) is 4.69. The molecule has 4 heteroatoms. The summed E-state index contributed by atoms with van der Waals surface area (Å²) in [4.78, 5) is 2.39. The molecule has 0 spiro atoms. The number of nitrogens with zero attached hydrogens (tertiary/aromatic N) is 1. The fourth-order valence-corrected chi connectivity index (χ4v) is 2.31. The second-order valence-electron chi connectivity index (χ2n) is 4.69. The highest BCUT2D eigenvalue weighted by Gasteiger charge is 2.18. The molecule has 18 heavy (non-hydrogen) atoms. The number of piperidine rings is 1. The van der Waals surface area contributed by atoms with Crippen molar-refractivity contribution in [2.24, 2.45) is 0 Å². The number of nitrogens with two attached hydrogens (primary N) is 1.